The Morgan fingerprint density at radius 3 is 2.50 bits per heavy atom. The molecule has 2 unspecified atom stereocenters. The fourth-order valence-corrected chi connectivity index (χ4v) is 6.32. The Balaban J connectivity index is 1.08. The zero-order chi connectivity index (χ0) is 26.3. The van der Waals surface area contributed by atoms with Crippen molar-refractivity contribution in [1.82, 2.24) is 15.1 Å². The summed E-state index contributed by atoms with van der Waals surface area (Å²) < 4.78 is 6.04. The molecule has 2 aromatic carbocycles. The van der Waals surface area contributed by atoms with E-state index in [4.69, 9.17) is 4.74 Å². The van der Waals surface area contributed by atoms with E-state index in [1.54, 1.807) is 12.1 Å². The zero-order valence-electron chi connectivity index (χ0n) is 21.4. The van der Waals surface area contributed by atoms with Crippen LogP contribution in [0.4, 0.5) is 5.69 Å². The number of aliphatic hydroxyl groups is 1. The van der Waals surface area contributed by atoms with Gasteiger partial charge >= 0.3 is 0 Å². The maximum absolute atomic E-state index is 13.1. The summed E-state index contributed by atoms with van der Waals surface area (Å²) in [5, 5.41) is 16.7. The maximum Gasteiger partial charge on any atom is 0.257 e. The molecular weight excluding hydrogens is 484 g/mol. The molecular formula is C29H34N4O5. The number of piperidine rings is 2. The highest BCUT2D eigenvalue weighted by atomic mass is 16.5. The third-order valence-corrected chi connectivity index (χ3v) is 8.50. The van der Waals surface area contributed by atoms with Crippen LogP contribution in [0.25, 0.3) is 0 Å². The molecule has 1 spiro atoms. The quantitative estimate of drug-likeness (QED) is 0.504. The summed E-state index contributed by atoms with van der Waals surface area (Å²) in [7, 11) is 0. The van der Waals surface area contributed by atoms with Gasteiger partial charge in [0.15, 0.2) is 6.23 Å². The van der Waals surface area contributed by atoms with Gasteiger partial charge in [0, 0.05) is 56.0 Å². The highest BCUT2D eigenvalue weighted by Crippen LogP contribution is 2.40. The first-order chi connectivity index (χ1) is 18.4. The Kier molecular flexibility index (Phi) is 6.67. The van der Waals surface area contributed by atoms with Crippen molar-refractivity contribution >= 4 is 23.4 Å². The van der Waals surface area contributed by atoms with E-state index in [1.165, 1.54) is 23.3 Å². The second kappa shape index (κ2) is 10.1. The molecule has 3 N–H and O–H groups in total. The van der Waals surface area contributed by atoms with E-state index < -0.39 is 24.1 Å². The number of aliphatic hydroxyl groups excluding tert-OH is 1. The first-order valence-electron chi connectivity index (χ1n) is 13.6. The van der Waals surface area contributed by atoms with Crippen molar-refractivity contribution in [2.24, 2.45) is 0 Å². The largest absolute Gasteiger partial charge is 0.381 e. The van der Waals surface area contributed by atoms with Gasteiger partial charge in [-0.3, -0.25) is 29.5 Å². The molecule has 3 fully saturated rings. The number of nitrogens with one attached hydrogen (secondary N) is 2. The van der Waals surface area contributed by atoms with Gasteiger partial charge in [0.25, 0.3) is 5.91 Å². The number of carbonyl (C=O) groups is 3. The van der Waals surface area contributed by atoms with Crippen molar-refractivity contribution < 1.29 is 24.2 Å². The molecule has 0 aromatic heterocycles. The number of hydrogen-bond acceptors (Lipinski definition) is 7. The van der Waals surface area contributed by atoms with Gasteiger partial charge in [-0.15, -0.1) is 0 Å². The lowest BCUT2D eigenvalue weighted by atomic mass is 9.88. The molecule has 4 aliphatic rings. The van der Waals surface area contributed by atoms with Crippen molar-refractivity contribution in [3.63, 3.8) is 0 Å². The van der Waals surface area contributed by atoms with Crippen molar-refractivity contribution in [3.05, 3.63) is 64.7 Å². The minimum Gasteiger partial charge on any atom is -0.381 e. The van der Waals surface area contributed by atoms with Gasteiger partial charge in [0.05, 0.1) is 5.60 Å². The number of benzene rings is 2. The molecule has 0 bridgehead atoms. The van der Waals surface area contributed by atoms with Gasteiger partial charge in [-0.25, -0.2) is 0 Å². The van der Waals surface area contributed by atoms with Crippen LogP contribution in [0.15, 0.2) is 42.5 Å². The van der Waals surface area contributed by atoms with E-state index in [0.717, 1.165) is 44.6 Å². The topological polar surface area (TPSA) is 111 Å². The minimum absolute atomic E-state index is 0.136. The third-order valence-electron chi connectivity index (χ3n) is 8.50. The molecule has 6 rings (SSSR count). The Morgan fingerprint density at radius 1 is 1.03 bits per heavy atom. The molecule has 2 aromatic rings. The standard InChI is InChI=1S/C29H34N4O5/c34-24-10-9-23(26(35)31-24)33-27(36)21-3-1-4-22(25(21)28(33)37)30-17-19-5-7-20(8-6-19)18-32-14-12-29(13-15-32)11-2-16-38-29/h1,3-8,23,28,30,37H,2,9-18H2,(H,31,34,35). The monoisotopic (exact) mass is 518 g/mol. The van der Waals surface area contributed by atoms with Gasteiger partial charge in [-0.1, -0.05) is 30.3 Å². The zero-order valence-corrected chi connectivity index (χ0v) is 21.4. The molecule has 0 aliphatic carbocycles. The molecule has 38 heavy (non-hydrogen) atoms. The molecule has 200 valence electrons. The van der Waals surface area contributed by atoms with E-state index >= 15 is 0 Å². The van der Waals surface area contributed by atoms with Crippen LogP contribution in [0.3, 0.4) is 0 Å². The van der Waals surface area contributed by atoms with E-state index in [-0.39, 0.29) is 24.3 Å². The first-order valence-corrected chi connectivity index (χ1v) is 13.6. The van der Waals surface area contributed by atoms with Crippen molar-refractivity contribution in [2.75, 3.05) is 25.0 Å². The van der Waals surface area contributed by atoms with E-state index in [1.807, 2.05) is 6.07 Å². The summed E-state index contributed by atoms with van der Waals surface area (Å²) >= 11 is 0. The SMILES string of the molecule is O=C1CCC(N2C(=O)c3cccc(NCc4ccc(CN5CCC6(CCCO6)CC5)cc4)c3C2O)C(=O)N1. The Hall–Kier alpha value is -3.27. The van der Waals surface area contributed by atoms with Gasteiger partial charge in [0.1, 0.15) is 6.04 Å². The van der Waals surface area contributed by atoms with Crippen LogP contribution in [0, 0.1) is 0 Å². The smallest absolute Gasteiger partial charge is 0.257 e. The van der Waals surface area contributed by atoms with Crippen LogP contribution in [-0.4, -0.2) is 64.0 Å². The number of anilines is 1. The lowest BCUT2D eigenvalue weighted by Crippen LogP contribution is -2.53. The Labute approximate surface area is 222 Å². The Morgan fingerprint density at radius 2 is 1.79 bits per heavy atom. The van der Waals surface area contributed by atoms with Crippen LogP contribution in [0.2, 0.25) is 0 Å². The molecule has 4 heterocycles. The van der Waals surface area contributed by atoms with Gasteiger partial charge in [-0.2, -0.15) is 0 Å². The third kappa shape index (κ3) is 4.70. The second-order valence-electron chi connectivity index (χ2n) is 10.9. The lowest BCUT2D eigenvalue weighted by molar-refractivity contribution is -0.139. The highest BCUT2D eigenvalue weighted by molar-refractivity contribution is 6.06. The molecule has 0 radical (unpaired) electrons. The van der Waals surface area contributed by atoms with Crippen molar-refractivity contribution in [2.45, 2.75) is 69.5 Å². The molecule has 0 saturated carbocycles. The molecule has 2 atom stereocenters. The van der Waals surface area contributed by atoms with Crippen LogP contribution < -0.4 is 10.6 Å². The Bertz CT molecular complexity index is 1230. The number of hydrogen-bond donors (Lipinski definition) is 3. The van der Waals surface area contributed by atoms with Crippen LogP contribution in [0.1, 0.15) is 71.8 Å². The number of nitrogens with zero attached hydrogens (tertiary/aromatic N) is 2. The highest BCUT2D eigenvalue weighted by Gasteiger charge is 2.45. The number of carbonyl (C=O) groups excluding carboxylic acids is 3. The van der Waals surface area contributed by atoms with Crippen molar-refractivity contribution in [1.29, 1.82) is 0 Å². The van der Waals surface area contributed by atoms with Crippen LogP contribution in [0.5, 0.6) is 0 Å². The summed E-state index contributed by atoms with van der Waals surface area (Å²) in [6, 6.07) is 12.9. The van der Waals surface area contributed by atoms with Crippen LogP contribution in [-0.2, 0) is 27.4 Å². The number of ether oxygens (including phenoxy) is 1. The van der Waals surface area contributed by atoms with Gasteiger partial charge < -0.3 is 15.2 Å². The average Bonchev–Trinajstić information content (AvgIpc) is 3.48. The molecule has 9 heteroatoms. The summed E-state index contributed by atoms with van der Waals surface area (Å²) in [6.45, 7) is 4.51. The van der Waals surface area contributed by atoms with E-state index in [0.29, 0.717) is 23.4 Å². The van der Waals surface area contributed by atoms with E-state index in [9.17, 15) is 19.5 Å². The predicted octanol–water partition coefficient (Wildman–Crippen LogP) is 2.70. The number of rotatable bonds is 6. The predicted molar refractivity (Wildman–Crippen MR) is 140 cm³/mol. The second-order valence-corrected chi connectivity index (χ2v) is 10.9. The van der Waals surface area contributed by atoms with Gasteiger partial charge in [-0.05, 0) is 55.4 Å². The molecule has 3 saturated heterocycles. The summed E-state index contributed by atoms with van der Waals surface area (Å²) in [6.07, 6.45) is 3.70. The van der Waals surface area contributed by atoms with Crippen molar-refractivity contribution in [3.8, 4) is 0 Å². The molecule has 9 nitrogen and oxygen atoms in total. The summed E-state index contributed by atoms with van der Waals surface area (Å²) in [5.41, 5.74) is 3.99. The van der Waals surface area contributed by atoms with E-state index in [2.05, 4.69) is 39.8 Å². The maximum atomic E-state index is 13.1. The van der Waals surface area contributed by atoms with Crippen LogP contribution >= 0.6 is 0 Å². The normalized spacial score (nSPS) is 25.1. The number of amides is 3. The average molecular weight is 519 g/mol. The first kappa shape index (κ1) is 25.0. The summed E-state index contributed by atoms with van der Waals surface area (Å²) in [5.74, 6) is -1.31. The number of fused-ring (bicyclic) bond motifs is 1. The minimum atomic E-state index is -1.26. The summed E-state index contributed by atoms with van der Waals surface area (Å²) in [4.78, 5) is 40.7. The molecule has 4 aliphatic heterocycles. The fourth-order valence-electron chi connectivity index (χ4n) is 6.32. The fraction of sp³-hybridized carbons (Fsp3) is 0.483. The van der Waals surface area contributed by atoms with Gasteiger partial charge in [0.2, 0.25) is 11.8 Å². The number of likely N-dealkylation sites (tertiary alicyclic amines) is 1. The number of imide groups is 1. The lowest BCUT2D eigenvalue weighted by Gasteiger charge is -2.38. The molecule has 3 amide bonds.